The SMILES string of the molecule is C=CCc1ccc(OC[C@H](O)Cn2nc(-c3cccs3)c3ccccc3c2=O)c(OC)c1. The van der Waals surface area contributed by atoms with E-state index in [2.05, 4.69) is 11.7 Å². The van der Waals surface area contributed by atoms with E-state index in [9.17, 15) is 9.90 Å². The Morgan fingerprint density at radius 2 is 1.97 bits per heavy atom. The van der Waals surface area contributed by atoms with Gasteiger partial charge >= 0.3 is 0 Å². The molecule has 0 saturated heterocycles. The van der Waals surface area contributed by atoms with Gasteiger partial charge in [0.05, 0.1) is 23.9 Å². The highest BCUT2D eigenvalue weighted by molar-refractivity contribution is 7.13. The van der Waals surface area contributed by atoms with Crippen molar-refractivity contribution in [2.24, 2.45) is 0 Å². The summed E-state index contributed by atoms with van der Waals surface area (Å²) < 4.78 is 12.5. The van der Waals surface area contributed by atoms with Crippen LogP contribution in [0.25, 0.3) is 21.3 Å². The first-order valence-electron chi connectivity index (χ1n) is 10.2. The van der Waals surface area contributed by atoms with Crippen molar-refractivity contribution in [3.8, 4) is 22.1 Å². The first-order chi connectivity index (χ1) is 15.6. The van der Waals surface area contributed by atoms with E-state index in [0.717, 1.165) is 27.9 Å². The van der Waals surface area contributed by atoms with Crippen LogP contribution < -0.4 is 15.0 Å². The van der Waals surface area contributed by atoms with Crippen LogP contribution >= 0.6 is 11.3 Å². The number of aliphatic hydroxyl groups is 1. The zero-order chi connectivity index (χ0) is 22.5. The number of aliphatic hydroxyl groups excluding tert-OH is 1. The highest BCUT2D eigenvalue weighted by Gasteiger charge is 2.16. The van der Waals surface area contributed by atoms with Crippen LogP contribution in [-0.4, -0.2) is 34.7 Å². The number of allylic oxidation sites excluding steroid dienone is 1. The third-order valence-electron chi connectivity index (χ3n) is 5.05. The second-order valence-electron chi connectivity index (χ2n) is 7.30. The van der Waals surface area contributed by atoms with E-state index in [0.29, 0.717) is 16.9 Å². The first kappa shape index (κ1) is 21.8. The predicted octanol–water partition coefficient (Wildman–Crippen LogP) is 4.30. The number of hydrogen-bond donors (Lipinski definition) is 1. The minimum atomic E-state index is -0.935. The summed E-state index contributed by atoms with van der Waals surface area (Å²) in [5.74, 6) is 1.11. The van der Waals surface area contributed by atoms with Gasteiger partial charge < -0.3 is 14.6 Å². The van der Waals surface area contributed by atoms with Crippen LogP contribution in [0.2, 0.25) is 0 Å². The second kappa shape index (κ2) is 9.80. The number of hydrogen-bond acceptors (Lipinski definition) is 6. The lowest BCUT2D eigenvalue weighted by atomic mass is 10.1. The van der Waals surface area contributed by atoms with E-state index in [4.69, 9.17) is 9.47 Å². The highest BCUT2D eigenvalue weighted by Crippen LogP contribution is 2.29. The van der Waals surface area contributed by atoms with Gasteiger partial charge in [0.2, 0.25) is 0 Å². The summed E-state index contributed by atoms with van der Waals surface area (Å²) in [6.45, 7) is 3.75. The molecule has 0 saturated carbocycles. The molecule has 4 aromatic rings. The molecule has 6 nitrogen and oxygen atoms in total. The van der Waals surface area contributed by atoms with Crippen LogP contribution in [0.15, 0.2) is 77.4 Å². The number of nitrogens with zero attached hydrogens (tertiary/aromatic N) is 2. The standard InChI is InChI=1S/C25H24N2O4S/c1-3-7-17-11-12-21(22(14-17)30-2)31-16-18(28)15-27-25(29)20-9-5-4-8-19(20)24(26-27)23-10-6-13-32-23/h3-6,8-14,18,28H,1,7,15-16H2,2H3/t18-/m1/s1. The van der Waals surface area contributed by atoms with E-state index in [1.807, 2.05) is 53.9 Å². The van der Waals surface area contributed by atoms with Gasteiger partial charge in [-0.2, -0.15) is 5.10 Å². The fraction of sp³-hybridized carbons (Fsp3) is 0.200. The molecule has 0 aliphatic rings. The van der Waals surface area contributed by atoms with Crippen LogP contribution in [0.5, 0.6) is 11.5 Å². The van der Waals surface area contributed by atoms with Gasteiger partial charge in [-0.15, -0.1) is 17.9 Å². The molecule has 0 unspecified atom stereocenters. The number of fused-ring (bicyclic) bond motifs is 1. The summed E-state index contributed by atoms with van der Waals surface area (Å²) in [5, 5.41) is 18.5. The average Bonchev–Trinajstić information content (AvgIpc) is 3.35. The lowest BCUT2D eigenvalue weighted by Crippen LogP contribution is -2.32. The van der Waals surface area contributed by atoms with Gasteiger partial charge in [-0.1, -0.05) is 36.4 Å². The molecule has 7 heteroatoms. The van der Waals surface area contributed by atoms with E-state index >= 15 is 0 Å². The maximum absolute atomic E-state index is 13.0. The molecule has 0 bridgehead atoms. The molecule has 2 heterocycles. The molecule has 0 spiro atoms. The summed E-state index contributed by atoms with van der Waals surface area (Å²) >= 11 is 1.56. The van der Waals surface area contributed by atoms with Gasteiger partial charge in [-0.25, -0.2) is 4.68 Å². The Morgan fingerprint density at radius 3 is 2.69 bits per heavy atom. The molecular formula is C25H24N2O4S. The van der Waals surface area contributed by atoms with Gasteiger partial charge in [-0.3, -0.25) is 4.79 Å². The number of aromatic nitrogens is 2. The minimum absolute atomic E-state index is 0.00749. The Kier molecular flexibility index (Phi) is 6.68. The third kappa shape index (κ3) is 4.59. The molecule has 32 heavy (non-hydrogen) atoms. The second-order valence-corrected chi connectivity index (χ2v) is 8.25. The molecule has 4 rings (SSSR count). The van der Waals surface area contributed by atoms with Crippen LogP contribution in [0.3, 0.4) is 0 Å². The molecule has 0 amide bonds. The third-order valence-corrected chi connectivity index (χ3v) is 5.92. The van der Waals surface area contributed by atoms with Crippen molar-refractivity contribution >= 4 is 22.1 Å². The fourth-order valence-corrected chi connectivity index (χ4v) is 4.24. The summed E-state index contributed by atoms with van der Waals surface area (Å²) in [6, 6.07) is 16.9. The molecule has 0 aliphatic heterocycles. The zero-order valence-electron chi connectivity index (χ0n) is 17.7. The zero-order valence-corrected chi connectivity index (χ0v) is 18.5. The number of benzene rings is 2. The smallest absolute Gasteiger partial charge is 0.274 e. The van der Waals surface area contributed by atoms with Gasteiger partial charge in [0.15, 0.2) is 11.5 Å². The lowest BCUT2D eigenvalue weighted by Gasteiger charge is -2.16. The van der Waals surface area contributed by atoms with Gasteiger partial charge in [0.25, 0.3) is 5.56 Å². The summed E-state index contributed by atoms with van der Waals surface area (Å²) in [7, 11) is 1.57. The Bertz CT molecular complexity index is 1280. The highest BCUT2D eigenvalue weighted by atomic mass is 32.1. The molecule has 1 atom stereocenters. The summed E-state index contributed by atoms with van der Waals surface area (Å²) in [6.07, 6.45) is 1.61. The first-order valence-corrected chi connectivity index (χ1v) is 11.1. The van der Waals surface area contributed by atoms with Gasteiger partial charge in [-0.05, 0) is 41.6 Å². The fourth-order valence-electron chi connectivity index (χ4n) is 3.52. The van der Waals surface area contributed by atoms with E-state index in [-0.39, 0.29) is 18.7 Å². The molecule has 0 aliphatic carbocycles. The minimum Gasteiger partial charge on any atom is -0.493 e. The Morgan fingerprint density at radius 1 is 1.16 bits per heavy atom. The quantitative estimate of drug-likeness (QED) is 0.387. The number of rotatable bonds is 9. The number of methoxy groups -OCH3 is 1. The van der Waals surface area contributed by atoms with Crippen molar-refractivity contribution < 1.29 is 14.6 Å². The van der Waals surface area contributed by atoms with E-state index < -0.39 is 6.10 Å². The number of ether oxygens (including phenoxy) is 2. The summed E-state index contributed by atoms with van der Waals surface area (Å²) in [5.41, 5.74) is 1.53. The largest absolute Gasteiger partial charge is 0.493 e. The average molecular weight is 449 g/mol. The van der Waals surface area contributed by atoms with E-state index in [1.165, 1.54) is 4.68 Å². The molecule has 0 fully saturated rings. The van der Waals surface area contributed by atoms with Gasteiger partial charge in [0, 0.05) is 5.39 Å². The van der Waals surface area contributed by atoms with Gasteiger partial charge in [0.1, 0.15) is 18.4 Å². The normalized spacial score (nSPS) is 11.9. The monoisotopic (exact) mass is 448 g/mol. The van der Waals surface area contributed by atoms with Crippen LogP contribution in [0.4, 0.5) is 0 Å². The maximum atomic E-state index is 13.0. The number of thiophene rings is 1. The Labute approximate surface area is 190 Å². The molecular weight excluding hydrogens is 424 g/mol. The van der Waals surface area contributed by atoms with Crippen molar-refractivity contribution in [2.75, 3.05) is 13.7 Å². The van der Waals surface area contributed by atoms with Crippen molar-refractivity contribution in [3.63, 3.8) is 0 Å². The molecule has 2 aromatic heterocycles. The molecule has 0 radical (unpaired) electrons. The van der Waals surface area contributed by atoms with Crippen LogP contribution in [0.1, 0.15) is 5.56 Å². The molecule has 2 aromatic carbocycles. The van der Waals surface area contributed by atoms with Crippen molar-refractivity contribution in [3.05, 3.63) is 88.5 Å². The molecule has 164 valence electrons. The Balaban J connectivity index is 1.56. The van der Waals surface area contributed by atoms with E-state index in [1.54, 1.807) is 30.6 Å². The van der Waals surface area contributed by atoms with Crippen LogP contribution in [0, 0.1) is 0 Å². The summed E-state index contributed by atoms with van der Waals surface area (Å²) in [4.78, 5) is 13.9. The topological polar surface area (TPSA) is 73.6 Å². The van der Waals surface area contributed by atoms with Crippen molar-refractivity contribution in [1.29, 1.82) is 0 Å². The maximum Gasteiger partial charge on any atom is 0.274 e. The molecule has 1 N–H and O–H groups in total. The van der Waals surface area contributed by atoms with Crippen molar-refractivity contribution in [1.82, 2.24) is 9.78 Å². The predicted molar refractivity (Wildman–Crippen MR) is 128 cm³/mol. The Hall–Kier alpha value is -3.42. The lowest BCUT2D eigenvalue weighted by molar-refractivity contribution is 0.0868. The van der Waals surface area contributed by atoms with Crippen LogP contribution in [-0.2, 0) is 13.0 Å². The van der Waals surface area contributed by atoms with Crippen molar-refractivity contribution in [2.45, 2.75) is 19.1 Å².